The number of rotatable bonds is 7. The van der Waals surface area contributed by atoms with Crippen LogP contribution in [0.5, 0.6) is 11.5 Å². The van der Waals surface area contributed by atoms with E-state index in [-0.39, 0.29) is 12.7 Å². The number of morpholine rings is 1. The van der Waals surface area contributed by atoms with Gasteiger partial charge in [0, 0.05) is 38.6 Å². The summed E-state index contributed by atoms with van der Waals surface area (Å²) in [5.41, 5.74) is 1.11. The van der Waals surface area contributed by atoms with Crippen LogP contribution in [0.2, 0.25) is 0 Å². The van der Waals surface area contributed by atoms with Crippen molar-refractivity contribution in [1.29, 1.82) is 0 Å². The predicted octanol–water partition coefficient (Wildman–Crippen LogP) is 3.05. The van der Waals surface area contributed by atoms with Crippen molar-refractivity contribution >= 4 is 5.91 Å². The fourth-order valence-electron chi connectivity index (χ4n) is 4.44. The average molecular weight is 389 g/mol. The molecule has 28 heavy (non-hydrogen) atoms. The van der Waals surface area contributed by atoms with Gasteiger partial charge in [0.25, 0.3) is 0 Å². The Labute approximate surface area is 167 Å². The smallest absolute Gasteiger partial charge is 0.231 e. The fraction of sp³-hybridized carbons (Fsp3) is 0.682. The van der Waals surface area contributed by atoms with Crippen molar-refractivity contribution in [2.24, 2.45) is 5.92 Å². The lowest BCUT2D eigenvalue weighted by Crippen LogP contribution is -2.40. The summed E-state index contributed by atoms with van der Waals surface area (Å²) in [6.07, 6.45) is 6.72. The first-order valence-electron chi connectivity index (χ1n) is 10.8. The van der Waals surface area contributed by atoms with E-state index in [0.717, 1.165) is 75.7 Å². The third kappa shape index (κ3) is 4.97. The first-order chi connectivity index (χ1) is 13.8. The van der Waals surface area contributed by atoms with E-state index >= 15 is 0 Å². The van der Waals surface area contributed by atoms with Crippen LogP contribution >= 0.6 is 0 Å². The highest BCUT2D eigenvalue weighted by molar-refractivity contribution is 5.79. The SMILES string of the molecule is O=C(C1CCCCC1)N(CCCN1CCOCC1)Cc1ccc2c(c1)OCO2. The number of amides is 1. The summed E-state index contributed by atoms with van der Waals surface area (Å²) in [5, 5.41) is 0. The van der Waals surface area contributed by atoms with E-state index in [1.165, 1.54) is 19.3 Å². The van der Waals surface area contributed by atoms with Crippen LogP contribution in [0.1, 0.15) is 44.1 Å². The molecule has 1 saturated heterocycles. The van der Waals surface area contributed by atoms with E-state index in [0.29, 0.717) is 12.5 Å². The van der Waals surface area contributed by atoms with Crippen LogP contribution in [0.3, 0.4) is 0 Å². The Bertz CT molecular complexity index is 654. The monoisotopic (exact) mass is 388 g/mol. The molecule has 1 aromatic rings. The maximum absolute atomic E-state index is 13.3. The minimum Gasteiger partial charge on any atom is -0.454 e. The van der Waals surface area contributed by atoms with Gasteiger partial charge in [-0.15, -0.1) is 0 Å². The second-order valence-electron chi connectivity index (χ2n) is 8.09. The summed E-state index contributed by atoms with van der Waals surface area (Å²) in [5.74, 6) is 2.11. The second kappa shape index (κ2) is 9.61. The molecule has 3 aliphatic rings. The van der Waals surface area contributed by atoms with Crippen molar-refractivity contribution in [2.45, 2.75) is 45.1 Å². The van der Waals surface area contributed by atoms with Crippen LogP contribution in [0.4, 0.5) is 0 Å². The highest BCUT2D eigenvalue weighted by Crippen LogP contribution is 2.33. The lowest BCUT2D eigenvalue weighted by atomic mass is 9.88. The topological polar surface area (TPSA) is 51.2 Å². The first kappa shape index (κ1) is 19.5. The molecule has 0 atom stereocenters. The average Bonchev–Trinajstić information content (AvgIpc) is 3.22. The van der Waals surface area contributed by atoms with E-state index in [9.17, 15) is 4.79 Å². The minimum absolute atomic E-state index is 0.200. The summed E-state index contributed by atoms with van der Waals surface area (Å²) in [6.45, 7) is 6.40. The second-order valence-corrected chi connectivity index (χ2v) is 8.09. The fourth-order valence-corrected chi connectivity index (χ4v) is 4.44. The zero-order chi connectivity index (χ0) is 19.2. The van der Waals surface area contributed by atoms with Gasteiger partial charge in [-0.25, -0.2) is 0 Å². The molecule has 6 heteroatoms. The summed E-state index contributed by atoms with van der Waals surface area (Å²) in [4.78, 5) is 17.8. The predicted molar refractivity (Wildman–Crippen MR) is 106 cm³/mol. The van der Waals surface area contributed by atoms with Crippen molar-refractivity contribution in [1.82, 2.24) is 9.80 Å². The lowest BCUT2D eigenvalue weighted by Gasteiger charge is -2.31. The Hall–Kier alpha value is -1.79. The van der Waals surface area contributed by atoms with E-state index in [4.69, 9.17) is 14.2 Å². The molecule has 1 aromatic carbocycles. The van der Waals surface area contributed by atoms with Crippen LogP contribution in [0.15, 0.2) is 18.2 Å². The highest BCUT2D eigenvalue weighted by Gasteiger charge is 2.26. The Balaban J connectivity index is 1.38. The zero-order valence-electron chi connectivity index (χ0n) is 16.7. The van der Waals surface area contributed by atoms with Crippen LogP contribution < -0.4 is 9.47 Å². The number of hydrogen-bond acceptors (Lipinski definition) is 5. The van der Waals surface area contributed by atoms with Gasteiger partial charge in [-0.1, -0.05) is 25.3 Å². The molecule has 0 aromatic heterocycles. The van der Waals surface area contributed by atoms with Gasteiger partial charge in [-0.05, 0) is 37.0 Å². The van der Waals surface area contributed by atoms with Gasteiger partial charge in [-0.3, -0.25) is 9.69 Å². The van der Waals surface area contributed by atoms with Gasteiger partial charge < -0.3 is 19.1 Å². The third-order valence-corrected chi connectivity index (χ3v) is 6.08. The number of fused-ring (bicyclic) bond motifs is 1. The number of ether oxygens (including phenoxy) is 3. The molecule has 1 amide bonds. The van der Waals surface area contributed by atoms with Gasteiger partial charge in [0.15, 0.2) is 11.5 Å². The van der Waals surface area contributed by atoms with Crippen molar-refractivity contribution < 1.29 is 19.0 Å². The van der Waals surface area contributed by atoms with E-state index in [1.807, 2.05) is 12.1 Å². The number of benzene rings is 1. The minimum atomic E-state index is 0.200. The molecule has 2 aliphatic heterocycles. The molecule has 2 fully saturated rings. The van der Waals surface area contributed by atoms with Gasteiger partial charge in [-0.2, -0.15) is 0 Å². The van der Waals surface area contributed by atoms with Crippen LogP contribution in [0.25, 0.3) is 0 Å². The molecule has 2 heterocycles. The van der Waals surface area contributed by atoms with Crippen molar-refractivity contribution in [3.63, 3.8) is 0 Å². The number of carbonyl (C=O) groups is 1. The molecule has 1 saturated carbocycles. The van der Waals surface area contributed by atoms with Crippen LogP contribution in [0, 0.1) is 5.92 Å². The zero-order valence-corrected chi connectivity index (χ0v) is 16.7. The van der Waals surface area contributed by atoms with Crippen LogP contribution in [-0.2, 0) is 16.1 Å². The largest absolute Gasteiger partial charge is 0.454 e. The quantitative estimate of drug-likeness (QED) is 0.719. The molecule has 0 N–H and O–H groups in total. The number of hydrogen-bond donors (Lipinski definition) is 0. The summed E-state index contributed by atoms with van der Waals surface area (Å²) in [6, 6.07) is 6.02. The molecule has 4 rings (SSSR count). The number of carbonyl (C=O) groups excluding carboxylic acids is 1. The molecule has 0 spiro atoms. The molecule has 1 aliphatic carbocycles. The lowest BCUT2D eigenvalue weighted by molar-refractivity contribution is -0.137. The first-order valence-corrected chi connectivity index (χ1v) is 10.8. The van der Waals surface area contributed by atoms with Gasteiger partial charge >= 0.3 is 0 Å². The molecule has 6 nitrogen and oxygen atoms in total. The Morgan fingerprint density at radius 3 is 2.68 bits per heavy atom. The summed E-state index contributed by atoms with van der Waals surface area (Å²) < 4.78 is 16.4. The van der Waals surface area contributed by atoms with E-state index in [2.05, 4.69) is 15.9 Å². The Morgan fingerprint density at radius 1 is 1.07 bits per heavy atom. The van der Waals surface area contributed by atoms with E-state index in [1.54, 1.807) is 0 Å². The van der Waals surface area contributed by atoms with Crippen molar-refractivity contribution in [3.05, 3.63) is 23.8 Å². The number of nitrogens with zero attached hydrogens (tertiary/aromatic N) is 2. The van der Waals surface area contributed by atoms with Crippen molar-refractivity contribution in [2.75, 3.05) is 46.2 Å². The van der Waals surface area contributed by atoms with E-state index < -0.39 is 0 Å². The molecular weight excluding hydrogens is 356 g/mol. The van der Waals surface area contributed by atoms with Crippen molar-refractivity contribution in [3.8, 4) is 11.5 Å². The Morgan fingerprint density at radius 2 is 1.86 bits per heavy atom. The summed E-state index contributed by atoms with van der Waals surface area (Å²) >= 11 is 0. The van der Waals surface area contributed by atoms with Crippen LogP contribution in [-0.4, -0.2) is 61.9 Å². The van der Waals surface area contributed by atoms with Gasteiger partial charge in [0.05, 0.1) is 13.2 Å². The molecule has 0 unspecified atom stereocenters. The normalized spacial score (nSPS) is 20.3. The maximum Gasteiger partial charge on any atom is 0.231 e. The van der Waals surface area contributed by atoms with Gasteiger partial charge in [0.1, 0.15) is 0 Å². The summed E-state index contributed by atoms with van der Waals surface area (Å²) in [7, 11) is 0. The molecular formula is C22H32N2O4. The molecule has 154 valence electrons. The molecule has 0 bridgehead atoms. The van der Waals surface area contributed by atoms with Gasteiger partial charge in [0.2, 0.25) is 12.7 Å². The Kier molecular flexibility index (Phi) is 6.70. The maximum atomic E-state index is 13.3. The standard InChI is InChI=1S/C22H32N2O4/c25-22(19-5-2-1-3-6-19)24(10-4-9-23-11-13-26-14-12-23)16-18-7-8-20-21(15-18)28-17-27-20/h7-8,15,19H,1-6,9-14,16-17H2. The third-order valence-electron chi connectivity index (χ3n) is 6.08. The highest BCUT2D eigenvalue weighted by atomic mass is 16.7. The molecule has 0 radical (unpaired) electrons.